The molecule has 2 aromatic rings. The Morgan fingerprint density at radius 3 is 2.71 bits per heavy atom. The van der Waals surface area contributed by atoms with E-state index >= 15 is 0 Å². The third-order valence-electron chi connectivity index (χ3n) is 2.23. The molecule has 0 saturated heterocycles. The first-order valence-corrected chi connectivity index (χ1v) is 5.74. The molecule has 5 heteroatoms. The smallest absolute Gasteiger partial charge is 0.338 e. The van der Waals surface area contributed by atoms with Crippen LogP contribution in [0.5, 0.6) is 0 Å². The van der Waals surface area contributed by atoms with Gasteiger partial charge in [-0.15, -0.1) is 0 Å². The summed E-state index contributed by atoms with van der Waals surface area (Å²) in [4.78, 5) is 15.4. The van der Waals surface area contributed by atoms with Crippen LogP contribution in [0.4, 0.5) is 0 Å². The monoisotopic (exact) mass is 254 g/mol. The summed E-state index contributed by atoms with van der Waals surface area (Å²) >= 11 is 5.87. The average molecular weight is 255 g/mol. The molecule has 0 unspecified atom stereocenters. The van der Waals surface area contributed by atoms with Crippen molar-refractivity contribution in [3.63, 3.8) is 0 Å². The van der Waals surface area contributed by atoms with E-state index < -0.39 is 0 Å². The molecule has 0 saturated carbocycles. The van der Waals surface area contributed by atoms with Gasteiger partial charge in [-0.25, -0.2) is 9.78 Å². The van der Waals surface area contributed by atoms with E-state index in [2.05, 4.69) is 9.72 Å². The number of esters is 1. The lowest BCUT2D eigenvalue weighted by Crippen LogP contribution is -2.02. The maximum Gasteiger partial charge on any atom is 0.338 e. The number of carbonyl (C=O) groups is 1. The molecule has 2 heterocycles. The molecule has 0 spiro atoms. The number of rotatable bonds is 1. The topological polar surface area (TPSA) is 43.6 Å². The van der Waals surface area contributed by atoms with Crippen molar-refractivity contribution in [2.75, 3.05) is 7.11 Å². The first-order valence-electron chi connectivity index (χ1n) is 5.36. The van der Waals surface area contributed by atoms with Crippen LogP contribution >= 0.6 is 11.6 Å². The summed E-state index contributed by atoms with van der Waals surface area (Å²) in [5.41, 5.74) is 1.95. The van der Waals surface area contributed by atoms with Crippen molar-refractivity contribution >= 4 is 23.2 Å². The number of carbonyl (C=O) groups excluding carboxylic acids is 1. The zero-order valence-electron chi connectivity index (χ0n) is 10.3. The van der Waals surface area contributed by atoms with Gasteiger partial charge < -0.3 is 9.14 Å². The minimum Gasteiger partial charge on any atom is -0.465 e. The summed E-state index contributed by atoms with van der Waals surface area (Å²) in [5.74, 6) is -0.380. The fourth-order valence-corrected chi connectivity index (χ4v) is 1.56. The van der Waals surface area contributed by atoms with Crippen molar-refractivity contribution in [1.29, 1.82) is 0 Å². The highest BCUT2D eigenvalue weighted by atomic mass is 35.5. The van der Waals surface area contributed by atoms with E-state index in [0.29, 0.717) is 16.4 Å². The molecule has 17 heavy (non-hydrogen) atoms. The number of hydrogen-bond acceptors (Lipinski definition) is 3. The van der Waals surface area contributed by atoms with E-state index in [-0.39, 0.29) is 5.97 Å². The predicted octanol–water partition coefficient (Wildman–Crippen LogP) is 3.11. The molecule has 0 N–H and O–H groups in total. The summed E-state index contributed by atoms with van der Waals surface area (Å²) in [6.07, 6.45) is 1.75. The van der Waals surface area contributed by atoms with Gasteiger partial charge in [-0.2, -0.15) is 0 Å². The van der Waals surface area contributed by atoms with Crippen LogP contribution in [-0.4, -0.2) is 22.5 Å². The molecule has 0 atom stereocenters. The molecule has 0 aliphatic rings. The molecule has 0 amide bonds. The highest BCUT2D eigenvalue weighted by molar-refractivity contribution is 6.30. The molecular formula is C12H15ClN2O2. The summed E-state index contributed by atoms with van der Waals surface area (Å²) in [5, 5.41) is 0.442. The van der Waals surface area contributed by atoms with Crippen LogP contribution in [0, 0.1) is 6.92 Å². The number of ether oxygens (including phenoxy) is 1. The third kappa shape index (κ3) is 2.58. The Bertz CT molecular complexity index is 535. The van der Waals surface area contributed by atoms with E-state index in [9.17, 15) is 4.79 Å². The Hall–Kier alpha value is -1.55. The van der Waals surface area contributed by atoms with Crippen LogP contribution in [-0.2, 0) is 4.74 Å². The molecule has 0 aromatic carbocycles. The molecule has 4 nitrogen and oxygen atoms in total. The van der Waals surface area contributed by atoms with Gasteiger partial charge in [0, 0.05) is 6.20 Å². The van der Waals surface area contributed by atoms with E-state index in [4.69, 9.17) is 11.6 Å². The van der Waals surface area contributed by atoms with Crippen LogP contribution in [0.3, 0.4) is 0 Å². The summed E-state index contributed by atoms with van der Waals surface area (Å²) in [6, 6.07) is 3.31. The minimum atomic E-state index is -0.380. The van der Waals surface area contributed by atoms with Crippen LogP contribution < -0.4 is 0 Å². The second kappa shape index (κ2) is 5.68. The Morgan fingerprint density at radius 2 is 2.12 bits per heavy atom. The standard InChI is InChI=1S/C10H9ClN2O2.C2H6/c1-6-9(11)12-8-5-7(10(14)15-2)3-4-13(6)8;1-2/h3-5H,1-2H3;1-2H3. The number of aromatic nitrogens is 2. The average Bonchev–Trinajstić information content (AvgIpc) is 2.66. The van der Waals surface area contributed by atoms with Gasteiger partial charge >= 0.3 is 5.97 Å². The highest BCUT2D eigenvalue weighted by Crippen LogP contribution is 2.17. The number of aryl methyl sites for hydroxylation is 1. The molecule has 0 aliphatic carbocycles. The first kappa shape index (κ1) is 13.5. The largest absolute Gasteiger partial charge is 0.465 e. The van der Waals surface area contributed by atoms with Gasteiger partial charge in [0.25, 0.3) is 0 Å². The number of methoxy groups -OCH3 is 1. The quantitative estimate of drug-likeness (QED) is 0.735. The number of nitrogens with zero attached hydrogens (tertiary/aromatic N) is 2. The number of halogens is 1. The molecular weight excluding hydrogens is 240 g/mol. The number of fused-ring (bicyclic) bond motifs is 1. The van der Waals surface area contributed by atoms with Crippen molar-refractivity contribution in [3.8, 4) is 0 Å². The molecule has 0 radical (unpaired) electrons. The van der Waals surface area contributed by atoms with Gasteiger partial charge in [-0.1, -0.05) is 25.4 Å². The maximum absolute atomic E-state index is 11.3. The van der Waals surface area contributed by atoms with Gasteiger partial charge in [0.15, 0.2) is 5.15 Å². The van der Waals surface area contributed by atoms with Crippen molar-refractivity contribution < 1.29 is 9.53 Å². The summed E-state index contributed by atoms with van der Waals surface area (Å²) in [7, 11) is 1.34. The first-order chi connectivity index (χ1) is 8.13. The molecule has 0 fully saturated rings. The maximum atomic E-state index is 11.3. The van der Waals surface area contributed by atoms with Crippen molar-refractivity contribution in [2.24, 2.45) is 0 Å². The van der Waals surface area contributed by atoms with Gasteiger partial charge in [0.05, 0.1) is 18.4 Å². The van der Waals surface area contributed by atoms with Gasteiger partial charge in [-0.05, 0) is 19.1 Å². The van der Waals surface area contributed by atoms with E-state index in [1.807, 2.05) is 25.2 Å². The zero-order chi connectivity index (χ0) is 13.0. The van der Waals surface area contributed by atoms with E-state index in [1.165, 1.54) is 7.11 Å². The normalized spacial score (nSPS) is 9.71. The zero-order valence-corrected chi connectivity index (χ0v) is 11.1. The lowest BCUT2D eigenvalue weighted by Gasteiger charge is -2.00. The van der Waals surface area contributed by atoms with Crippen LogP contribution in [0.1, 0.15) is 29.9 Å². The second-order valence-corrected chi connectivity index (χ2v) is 3.48. The van der Waals surface area contributed by atoms with E-state index in [1.54, 1.807) is 18.3 Å². The van der Waals surface area contributed by atoms with Crippen LogP contribution in [0.15, 0.2) is 18.3 Å². The molecule has 2 aromatic heterocycles. The van der Waals surface area contributed by atoms with Crippen molar-refractivity contribution in [2.45, 2.75) is 20.8 Å². The summed E-state index contributed by atoms with van der Waals surface area (Å²) < 4.78 is 6.43. The third-order valence-corrected chi connectivity index (χ3v) is 2.59. The van der Waals surface area contributed by atoms with Gasteiger partial charge in [0.2, 0.25) is 0 Å². The van der Waals surface area contributed by atoms with Crippen LogP contribution in [0.2, 0.25) is 5.15 Å². The van der Waals surface area contributed by atoms with Crippen molar-refractivity contribution in [1.82, 2.24) is 9.38 Å². The number of imidazole rings is 1. The Morgan fingerprint density at radius 1 is 1.47 bits per heavy atom. The molecule has 92 valence electrons. The second-order valence-electron chi connectivity index (χ2n) is 3.12. The predicted molar refractivity (Wildman–Crippen MR) is 67.6 cm³/mol. The number of pyridine rings is 1. The molecule has 0 aliphatic heterocycles. The molecule has 2 rings (SSSR count). The lowest BCUT2D eigenvalue weighted by molar-refractivity contribution is 0.0600. The van der Waals surface area contributed by atoms with Gasteiger partial charge in [-0.3, -0.25) is 0 Å². The fourth-order valence-electron chi connectivity index (χ4n) is 1.38. The lowest BCUT2D eigenvalue weighted by atomic mass is 10.3. The Balaban J connectivity index is 0.000000686. The fraction of sp³-hybridized carbons (Fsp3) is 0.333. The Labute approximate surface area is 105 Å². The van der Waals surface area contributed by atoms with Crippen LogP contribution in [0.25, 0.3) is 5.65 Å². The number of hydrogen-bond donors (Lipinski definition) is 0. The van der Waals surface area contributed by atoms with E-state index in [0.717, 1.165) is 5.69 Å². The Kier molecular flexibility index (Phi) is 4.52. The van der Waals surface area contributed by atoms with Crippen molar-refractivity contribution in [3.05, 3.63) is 34.7 Å². The molecule has 0 bridgehead atoms. The summed E-state index contributed by atoms with van der Waals surface area (Å²) in [6.45, 7) is 5.86. The SMILES string of the molecule is CC.COC(=O)c1ccn2c(C)c(Cl)nc2c1. The minimum absolute atomic E-state index is 0.380. The van der Waals surface area contributed by atoms with Gasteiger partial charge in [0.1, 0.15) is 5.65 Å². The highest BCUT2D eigenvalue weighted by Gasteiger charge is 2.10.